The van der Waals surface area contributed by atoms with E-state index in [1.807, 2.05) is 0 Å². The Morgan fingerprint density at radius 2 is 2.07 bits per heavy atom. The number of nitrogens with two attached hydrogens (primary N) is 1. The molecule has 0 aliphatic rings. The molecule has 1 aromatic carbocycles. The summed E-state index contributed by atoms with van der Waals surface area (Å²) < 4.78 is 5.57. The molecule has 3 heteroatoms. The molecule has 1 rings (SSSR count). The van der Waals surface area contributed by atoms with Crippen LogP contribution in [-0.2, 0) is 0 Å². The molecule has 0 saturated heterocycles. The van der Waals surface area contributed by atoms with Crippen molar-refractivity contribution in [2.45, 2.75) is 20.8 Å². The van der Waals surface area contributed by atoms with Crippen LogP contribution in [0, 0.1) is 16.7 Å². The molecular formula is C12H16N2O. The van der Waals surface area contributed by atoms with Gasteiger partial charge in [0, 0.05) is 0 Å². The number of hydrogen-bond acceptors (Lipinski definition) is 3. The Balaban J connectivity index is 2.87. The zero-order valence-corrected chi connectivity index (χ0v) is 9.37. The monoisotopic (exact) mass is 204 g/mol. The summed E-state index contributed by atoms with van der Waals surface area (Å²) >= 11 is 0. The molecule has 3 nitrogen and oxygen atoms in total. The summed E-state index contributed by atoms with van der Waals surface area (Å²) in [6.07, 6.45) is 0. The van der Waals surface area contributed by atoms with Crippen molar-refractivity contribution < 1.29 is 4.74 Å². The highest BCUT2D eigenvalue weighted by Crippen LogP contribution is 2.25. The highest BCUT2D eigenvalue weighted by Gasteiger charge is 2.13. The van der Waals surface area contributed by atoms with Crippen LogP contribution in [0.1, 0.15) is 26.3 Å². The van der Waals surface area contributed by atoms with Crippen LogP contribution in [0.3, 0.4) is 0 Å². The van der Waals surface area contributed by atoms with Gasteiger partial charge in [-0.15, -0.1) is 0 Å². The van der Waals surface area contributed by atoms with Gasteiger partial charge in [0.05, 0.1) is 12.3 Å². The van der Waals surface area contributed by atoms with Crippen molar-refractivity contribution in [1.29, 1.82) is 5.26 Å². The number of nitrogen functional groups attached to an aromatic ring is 1. The molecule has 2 N–H and O–H groups in total. The van der Waals surface area contributed by atoms with E-state index in [4.69, 9.17) is 15.7 Å². The van der Waals surface area contributed by atoms with E-state index in [1.165, 1.54) is 0 Å². The number of hydrogen-bond donors (Lipinski definition) is 1. The topological polar surface area (TPSA) is 59.0 Å². The summed E-state index contributed by atoms with van der Waals surface area (Å²) in [6, 6.07) is 7.30. The molecule has 0 radical (unpaired) electrons. The zero-order chi connectivity index (χ0) is 11.5. The first-order chi connectivity index (χ1) is 6.94. The lowest BCUT2D eigenvalue weighted by Crippen LogP contribution is -2.17. The van der Waals surface area contributed by atoms with Gasteiger partial charge in [-0.2, -0.15) is 5.26 Å². The molecule has 0 saturated carbocycles. The van der Waals surface area contributed by atoms with E-state index >= 15 is 0 Å². The molecule has 0 amide bonds. The predicted octanol–water partition coefficient (Wildman–Crippen LogP) is 2.57. The maximum Gasteiger partial charge on any atom is 0.139 e. The third-order valence-corrected chi connectivity index (χ3v) is 1.83. The molecule has 0 atom stereocenters. The van der Waals surface area contributed by atoms with Gasteiger partial charge in [0.15, 0.2) is 0 Å². The molecule has 0 bridgehead atoms. The van der Waals surface area contributed by atoms with E-state index < -0.39 is 0 Å². The average Bonchev–Trinajstić information content (AvgIpc) is 2.13. The second-order valence-electron chi connectivity index (χ2n) is 4.68. The lowest BCUT2D eigenvalue weighted by molar-refractivity contribution is 0.197. The third-order valence-electron chi connectivity index (χ3n) is 1.83. The van der Waals surface area contributed by atoms with E-state index in [2.05, 4.69) is 26.8 Å². The highest BCUT2D eigenvalue weighted by molar-refractivity contribution is 5.60. The molecular weight excluding hydrogens is 188 g/mol. The molecule has 0 heterocycles. The third kappa shape index (κ3) is 3.17. The van der Waals surface area contributed by atoms with Crippen molar-refractivity contribution >= 4 is 5.69 Å². The fourth-order valence-corrected chi connectivity index (χ4v) is 1.08. The van der Waals surface area contributed by atoms with Crippen molar-refractivity contribution in [3.8, 4) is 11.8 Å². The van der Waals surface area contributed by atoms with Gasteiger partial charge in [-0.05, 0) is 17.5 Å². The molecule has 1 aromatic rings. The lowest BCUT2D eigenvalue weighted by Gasteiger charge is -2.19. The van der Waals surface area contributed by atoms with Crippen LogP contribution in [0.5, 0.6) is 5.75 Å². The number of benzene rings is 1. The van der Waals surface area contributed by atoms with Crippen LogP contribution in [0.4, 0.5) is 5.69 Å². The van der Waals surface area contributed by atoms with Crippen LogP contribution in [0.15, 0.2) is 18.2 Å². The maximum atomic E-state index is 8.92. The van der Waals surface area contributed by atoms with Crippen molar-refractivity contribution in [1.82, 2.24) is 0 Å². The smallest absolute Gasteiger partial charge is 0.139 e. The molecule has 0 fully saturated rings. The van der Waals surface area contributed by atoms with E-state index in [1.54, 1.807) is 18.2 Å². The van der Waals surface area contributed by atoms with Crippen LogP contribution < -0.4 is 10.5 Å². The summed E-state index contributed by atoms with van der Waals surface area (Å²) in [5.41, 5.74) is 6.62. The second kappa shape index (κ2) is 4.22. The van der Waals surface area contributed by atoms with Gasteiger partial charge in [0.2, 0.25) is 0 Å². The van der Waals surface area contributed by atoms with Crippen LogP contribution in [0.2, 0.25) is 0 Å². The highest BCUT2D eigenvalue weighted by atomic mass is 16.5. The molecule has 0 aliphatic heterocycles. The van der Waals surface area contributed by atoms with Gasteiger partial charge in [0.1, 0.15) is 17.4 Å². The summed E-state index contributed by atoms with van der Waals surface area (Å²) in [6.45, 7) is 6.78. The van der Waals surface area contributed by atoms with Crippen molar-refractivity contribution in [2.75, 3.05) is 12.3 Å². The van der Waals surface area contributed by atoms with Crippen LogP contribution >= 0.6 is 0 Å². The second-order valence-corrected chi connectivity index (χ2v) is 4.68. The van der Waals surface area contributed by atoms with Gasteiger partial charge >= 0.3 is 0 Å². The number of ether oxygens (including phenoxy) is 1. The Labute approximate surface area is 90.5 Å². The van der Waals surface area contributed by atoms with E-state index in [9.17, 15) is 0 Å². The Bertz CT molecular complexity index is 386. The van der Waals surface area contributed by atoms with Crippen molar-refractivity contribution in [2.24, 2.45) is 5.41 Å². The SMILES string of the molecule is CC(C)(C)COc1cccc(N)c1C#N. The Kier molecular flexibility index (Phi) is 3.21. The van der Waals surface area contributed by atoms with Gasteiger partial charge in [-0.25, -0.2) is 0 Å². The number of rotatable bonds is 2. The van der Waals surface area contributed by atoms with E-state index in [0.29, 0.717) is 23.6 Å². The molecule has 0 aliphatic carbocycles. The average molecular weight is 204 g/mol. The number of anilines is 1. The Hall–Kier alpha value is -1.69. The fourth-order valence-electron chi connectivity index (χ4n) is 1.08. The summed E-state index contributed by atoms with van der Waals surface area (Å²) in [7, 11) is 0. The molecule has 80 valence electrons. The van der Waals surface area contributed by atoms with Crippen molar-refractivity contribution in [3.63, 3.8) is 0 Å². The Morgan fingerprint density at radius 1 is 1.40 bits per heavy atom. The normalized spacial score (nSPS) is 10.8. The first-order valence-electron chi connectivity index (χ1n) is 4.85. The number of nitriles is 1. The summed E-state index contributed by atoms with van der Waals surface area (Å²) in [4.78, 5) is 0. The largest absolute Gasteiger partial charge is 0.492 e. The van der Waals surface area contributed by atoms with Crippen molar-refractivity contribution in [3.05, 3.63) is 23.8 Å². The minimum atomic E-state index is 0.0668. The van der Waals surface area contributed by atoms with Gasteiger partial charge in [-0.3, -0.25) is 0 Å². The van der Waals surface area contributed by atoms with E-state index in [-0.39, 0.29) is 5.41 Å². The predicted molar refractivity (Wildman–Crippen MR) is 60.5 cm³/mol. The maximum absolute atomic E-state index is 8.92. The quantitative estimate of drug-likeness (QED) is 0.753. The van der Waals surface area contributed by atoms with Gasteiger partial charge < -0.3 is 10.5 Å². The molecule has 15 heavy (non-hydrogen) atoms. The molecule has 0 spiro atoms. The lowest BCUT2D eigenvalue weighted by atomic mass is 9.98. The zero-order valence-electron chi connectivity index (χ0n) is 9.37. The van der Waals surface area contributed by atoms with Gasteiger partial charge in [0.25, 0.3) is 0 Å². The van der Waals surface area contributed by atoms with Crippen LogP contribution in [-0.4, -0.2) is 6.61 Å². The van der Waals surface area contributed by atoms with E-state index in [0.717, 1.165) is 0 Å². The molecule has 0 aromatic heterocycles. The molecule has 0 unspecified atom stereocenters. The number of nitrogens with zero attached hydrogens (tertiary/aromatic N) is 1. The first kappa shape index (κ1) is 11.4. The Morgan fingerprint density at radius 3 is 2.60 bits per heavy atom. The minimum Gasteiger partial charge on any atom is -0.492 e. The van der Waals surface area contributed by atoms with Crippen LogP contribution in [0.25, 0.3) is 0 Å². The fraction of sp³-hybridized carbons (Fsp3) is 0.417. The minimum absolute atomic E-state index is 0.0668. The summed E-state index contributed by atoms with van der Waals surface area (Å²) in [5, 5.41) is 8.92. The van der Waals surface area contributed by atoms with Gasteiger partial charge in [-0.1, -0.05) is 26.8 Å². The first-order valence-corrected chi connectivity index (χ1v) is 4.85. The standard InChI is InChI=1S/C12H16N2O/c1-12(2,3)8-15-11-6-4-5-10(14)9(11)7-13/h4-6H,8,14H2,1-3H3. The summed E-state index contributed by atoms with van der Waals surface area (Å²) in [5.74, 6) is 0.562.